The third-order valence-electron chi connectivity index (χ3n) is 3.67. The van der Waals surface area contributed by atoms with Crippen molar-refractivity contribution in [3.8, 4) is 0 Å². The second-order valence-electron chi connectivity index (χ2n) is 6.16. The van der Waals surface area contributed by atoms with E-state index in [4.69, 9.17) is 0 Å². The Hall–Kier alpha value is -0.370. The minimum atomic E-state index is -0.769. The first-order valence-corrected chi connectivity index (χ1v) is 7.03. The third kappa shape index (κ3) is 7.54. The first-order chi connectivity index (χ1) is 7.82. The van der Waals surface area contributed by atoms with Crippen LogP contribution in [0.15, 0.2) is 0 Å². The van der Waals surface area contributed by atoms with E-state index in [1.165, 1.54) is 12.8 Å². The molecule has 0 fully saturated rings. The molecule has 0 aliphatic heterocycles. The monoisotopic (exact) mass is 242 g/mol. The van der Waals surface area contributed by atoms with Crippen molar-refractivity contribution in [2.75, 3.05) is 0 Å². The average molecular weight is 242 g/mol. The van der Waals surface area contributed by atoms with Crippen LogP contribution in [0.1, 0.15) is 73.1 Å². The first-order valence-electron chi connectivity index (χ1n) is 7.03. The van der Waals surface area contributed by atoms with Gasteiger partial charge in [-0.1, -0.05) is 60.3 Å². The van der Waals surface area contributed by atoms with E-state index in [0.717, 1.165) is 12.8 Å². The van der Waals surface area contributed by atoms with Crippen molar-refractivity contribution in [1.29, 1.82) is 0 Å². The number of unbranched alkanes of at least 4 members (excludes halogenated alkanes) is 1. The Kier molecular flexibility index (Phi) is 7.69. The largest absolute Gasteiger partial charge is 0.385 e. The highest BCUT2D eigenvalue weighted by Crippen LogP contribution is 2.27. The summed E-state index contributed by atoms with van der Waals surface area (Å²) in [7, 11) is 0. The predicted octanol–water partition coefficient (Wildman–Crippen LogP) is 3.96. The fraction of sp³-hybridized carbons (Fsp3) is 0.933. The normalized spacial score (nSPS) is 15.6. The van der Waals surface area contributed by atoms with Gasteiger partial charge in [-0.2, -0.15) is 0 Å². The lowest BCUT2D eigenvalue weighted by atomic mass is 9.82. The van der Waals surface area contributed by atoms with Gasteiger partial charge in [0.15, 0.2) is 5.78 Å². The zero-order valence-electron chi connectivity index (χ0n) is 12.3. The van der Waals surface area contributed by atoms with Crippen molar-refractivity contribution in [3.63, 3.8) is 0 Å². The predicted molar refractivity (Wildman–Crippen MR) is 73.0 cm³/mol. The number of carbonyl (C=O) groups excluding carboxylic acids is 1. The van der Waals surface area contributed by atoms with Crippen LogP contribution in [0.5, 0.6) is 0 Å². The molecule has 2 heteroatoms. The molecule has 0 aliphatic carbocycles. The van der Waals surface area contributed by atoms with Crippen LogP contribution in [0, 0.1) is 11.3 Å². The van der Waals surface area contributed by atoms with Crippen molar-refractivity contribution in [1.82, 2.24) is 0 Å². The molecule has 1 N–H and O–H groups in total. The Labute approximate surface area is 107 Å². The fourth-order valence-electron chi connectivity index (χ4n) is 1.92. The molecular formula is C15H30O2. The summed E-state index contributed by atoms with van der Waals surface area (Å²) in [5, 5.41) is 9.91. The fourth-order valence-corrected chi connectivity index (χ4v) is 1.92. The summed E-state index contributed by atoms with van der Waals surface area (Å²) in [6, 6.07) is 0. The number of carbonyl (C=O) groups is 1. The Balaban J connectivity index is 4.05. The standard InChI is InChI=1S/C15H30O2/c1-6-8-9-12(3)10-13(16)14(17)11-15(4,5)7-2/h12,14,17H,6-11H2,1-5H3/t12-,14?/m0/s1. The maximum absolute atomic E-state index is 11.9. The molecule has 0 aromatic carbocycles. The molecule has 0 rings (SSSR count). The van der Waals surface area contributed by atoms with Crippen molar-refractivity contribution < 1.29 is 9.90 Å². The Morgan fingerprint density at radius 1 is 1.29 bits per heavy atom. The van der Waals surface area contributed by atoms with E-state index in [2.05, 4.69) is 34.6 Å². The molecule has 0 heterocycles. The van der Waals surface area contributed by atoms with Gasteiger partial charge in [0.2, 0.25) is 0 Å². The van der Waals surface area contributed by atoms with E-state index in [-0.39, 0.29) is 11.2 Å². The number of hydrogen-bond acceptors (Lipinski definition) is 2. The van der Waals surface area contributed by atoms with Gasteiger partial charge in [-0.05, 0) is 17.8 Å². The lowest BCUT2D eigenvalue weighted by Gasteiger charge is -2.25. The van der Waals surface area contributed by atoms with Crippen LogP contribution >= 0.6 is 0 Å². The molecule has 0 radical (unpaired) electrons. The summed E-state index contributed by atoms with van der Waals surface area (Å²) >= 11 is 0. The first kappa shape index (κ1) is 16.6. The lowest BCUT2D eigenvalue weighted by molar-refractivity contribution is -0.129. The minimum absolute atomic E-state index is 0.0233. The molecule has 102 valence electrons. The second-order valence-corrected chi connectivity index (χ2v) is 6.16. The number of aliphatic hydroxyl groups is 1. The van der Waals surface area contributed by atoms with Crippen LogP contribution in [0.4, 0.5) is 0 Å². The van der Waals surface area contributed by atoms with Gasteiger partial charge in [0.25, 0.3) is 0 Å². The van der Waals surface area contributed by atoms with Gasteiger partial charge in [0, 0.05) is 6.42 Å². The van der Waals surface area contributed by atoms with Gasteiger partial charge in [-0.15, -0.1) is 0 Å². The van der Waals surface area contributed by atoms with Crippen molar-refractivity contribution >= 4 is 5.78 Å². The maximum atomic E-state index is 11.9. The third-order valence-corrected chi connectivity index (χ3v) is 3.67. The molecule has 0 spiro atoms. The Morgan fingerprint density at radius 2 is 1.88 bits per heavy atom. The molecule has 0 aliphatic rings. The second kappa shape index (κ2) is 7.86. The summed E-state index contributed by atoms with van der Waals surface area (Å²) in [5.74, 6) is 0.428. The van der Waals surface area contributed by atoms with E-state index in [9.17, 15) is 9.90 Å². The van der Waals surface area contributed by atoms with Gasteiger partial charge in [-0.3, -0.25) is 4.79 Å². The Bertz CT molecular complexity index is 221. The van der Waals surface area contributed by atoms with E-state index in [0.29, 0.717) is 18.8 Å². The summed E-state index contributed by atoms with van der Waals surface area (Å²) in [6.45, 7) is 10.6. The number of aliphatic hydroxyl groups excluding tert-OH is 1. The molecule has 1 unspecified atom stereocenters. The van der Waals surface area contributed by atoms with Gasteiger partial charge >= 0.3 is 0 Å². The quantitative estimate of drug-likeness (QED) is 0.664. The van der Waals surface area contributed by atoms with Crippen LogP contribution in [0.3, 0.4) is 0 Å². The van der Waals surface area contributed by atoms with E-state index >= 15 is 0 Å². The van der Waals surface area contributed by atoms with E-state index in [1.807, 2.05) is 0 Å². The highest BCUT2D eigenvalue weighted by atomic mass is 16.3. The molecule has 2 nitrogen and oxygen atoms in total. The van der Waals surface area contributed by atoms with Gasteiger partial charge in [-0.25, -0.2) is 0 Å². The van der Waals surface area contributed by atoms with Gasteiger partial charge < -0.3 is 5.11 Å². The molecule has 0 saturated carbocycles. The van der Waals surface area contributed by atoms with Gasteiger partial charge in [0.1, 0.15) is 6.10 Å². The number of Topliss-reactive ketones (excluding diaryl/α,β-unsaturated/α-hetero) is 1. The van der Waals surface area contributed by atoms with E-state index in [1.54, 1.807) is 0 Å². The minimum Gasteiger partial charge on any atom is -0.385 e. The lowest BCUT2D eigenvalue weighted by Crippen LogP contribution is -2.28. The maximum Gasteiger partial charge on any atom is 0.161 e. The zero-order valence-corrected chi connectivity index (χ0v) is 12.3. The Morgan fingerprint density at radius 3 is 2.35 bits per heavy atom. The molecule has 17 heavy (non-hydrogen) atoms. The van der Waals surface area contributed by atoms with Gasteiger partial charge in [0.05, 0.1) is 0 Å². The number of rotatable bonds is 9. The van der Waals surface area contributed by atoms with Crippen LogP contribution in [-0.2, 0) is 4.79 Å². The summed E-state index contributed by atoms with van der Waals surface area (Å²) in [6.07, 6.45) is 4.77. The molecule has 0 amide bonds. The summed E-state index contributed by atoms with van der Waals surface area (Å²) in [4.78, 5) is 11.9. The van der Waals surface area contributed by atoms with Crippen molar-refractivity contribution in [2.24, 2.45) is 11.3 Å². The summed E-state index contributed by atoms with van der Waals surface area (Å²) in [5.41, 5.74) is 0.0573. The molecule has 2 atom stereocenters. The van der Waals surface area contributed by atoms with Crippen molar-refractivity contribution in [2.45, 2.75) is 79.2 Å². The average Bonchev–Trinajstić information content (AvgIpc) is 2.25. The molecule has 0 aromatic rings. The highest BCUT2D eigenvalue weighted by Gasteiger charge is 2.25. The van der Waals surface area contributed by atoms with Crippen LogP contribution in [0.2, 0.25) is 0 Å². The summed E-state index contributed by atoms with van der Waals surface area (Å²) < 4.78 is 0. The van der Waals surface area contributed by atoms with Crippen LogP contribution < -0.4 is 0 Å². The topological polar surface area (TPSA) is 37.3 Å². The highest BCUT2D eigenvalue weighted by molar-refractivity contribution is 5.83. The number of hydrogen-bond donors (Lipinski definition) is 1. The van der Waals surface area contributed by atoms with Crippen molar-refractivity contribution in [3.05, 3.63) is 0 Å². The van der Waals surface area contributed by atoms with E-state index < -0.39 is 6.10 Å². The number of ketones is 1. The van der Waals surface area contributed by atoms with Crippen LogP contribution in [-0.4, -0.2) is 17.0 Å². The smallest absolute Gasteiger partial charge is 0.161 e. The molecular weight excluding hydrogens is 212 g/mol. The molecule has 0 bridgehead atoms. The SMILES string of the molecule is CCCC[C@H](C)CC(=O)C(O)CC(C)(C)CC. The zero-order chi connectivity index (χ0) is 13.5. The molecule has 0 aromatic heterocycles. The van der Waals surface area contributed by atoms with Crippen LogP contribution in [0.25, 0.3) is 0 Å². The molecule has 0 saturated heterocycles.